The van der Waals surface area contributed by atoms with Crippen molar-refractivity contribution >= 4 is 11.8 Å². The normalized spacial score (nSPS) is 12.6. The van der Waals surface area contributed by atoms with E-state index in [1.165, 1.54) is 4.90 Å². The van der Waals surface area contributed by atoms with Crippen molar-refractivity contribution in [2.75, 3.05) is 5.75 Å². The molecule has 0 saturated heterocycles. The average Bonchev–Trinajstić information content (AvgIpc) is 2.76. The third-order valence-corrected chi connectivity index (χ3v) is 3.89. The van der Waals surface area contributed by atoms with E-state index in [0.29, 0.717) is 0 Å². The van der Waals surface area contributed by atoms with Gasteiger partial charge in [0.05, 0.1) is 6.10 Å². The molecule has 0 aliphatic heterocycles. The first kappa shape index (κ1) is 13.2. The van der Waals surface area contributed by atoms with Gasteiger partial charge in [0.25, 0.3) is 0 Å². The fourth-order valence-electron chi connectivity index (χ4n) is 1.74. The highest BCUT2D eigenvalue weighted by Gasteiger charge is 2.02. The maximum Gasteiger partial charge on any atom is 0.109 e. The van der Waals surface area contributed by atoms with Crippen LogP contribution in [0.25, 0.3) is 0 Å². The van der Waals surface area contributed by atoms with Gasteiger partial charge in [-0.1, -0.05) is 12.1 Å². The number of imidazole rings is 1. The largest absolute Gasteiger partial charge is 0.389 e. The summed E-state index contributed by atoms with van der Waals surface area (Å²) in [5.74, 6) is 2.13. The number of aromatic nitrogens is 2. The van der Waals surface area contributed by atoms with Crippen molar-refractivity contribution in [3.63, 3.8) is 0 Å². The minimum absolute atomic E-state index is 0.392. The monoisotopic (exact) mass is 262 g/mol. The summed E-state index contributed by atoms with van der Waals surface area (Å²) in [5.41, 5.74) is 0.962. The molecule has 0 aliphatic carbocycles. The molecule has 1 heterocycles. The van der Waals surface area contributed by atoms with Crippen molar-refractivity contribution < 1.29 is 5.11 Å². The molecular weight excluding hydrogens is 244 g/mol. The Morgan fingerprint density at radius 3 is 2.61 bits per heavy atom. The lowest BCUT2D eigenvalue weighted by Crippen LogP contribution is -1.98. The number of rotatable bonds is 5. The second-order valence-corrected chi connectivity index (χ2v) is 5.47. The molecule has 96 valence electrons. The summed E-state index contributed by atoms with van der Waals surface area (Å²) in [7, 11) is 2.02. The van der Waals surface area contributed by atoms with Gasteiger partial charge in [-0.3, -0.25) is 0 Å². The van der Waals surface area contributed by atoms with Crippen LogP contribution in [0.5, 0.6) is 0 Å². The van der Waals surface area contributed by atoms with Crippen LogP contribution in [0.1, 0.15) is 24.4 Å². The lowest BCUT2D eigenvalue weighted by molar-refractivity contribution is 0.199. The van der Waals surface area contributed by atoms with E-state index < -0.39 is 6.10 Å². The molecule has 2 aromatic rings. The number of hydrogen-bond donors (Lipinski definition) is 1. The Bertz CT molecular complexity index is 491. The topological polar surface area (TPSA) is 38.1 Å². The molecule has 4 heteroatoms. The average molecular weight is 262 g/mol. The molecule has 0 bridgehead atoms. The first-order valence-corrected chi connectivity index (χ1v) is 7.02. The third-order valence-electron chi connectivity index (χ3n) is 2.88. The molecule has 0 fully saturated rings. The van der Waals surface area contributed by atoms with Crippen molar-refractivity contribution in [2.24, 2.45) is 7.05 Å². The van der Waals surface area contributed by atoms with Crippen LogP contribution in [0.2, 0.25) is 0 Å². The number of aliphatic hydroxyl groups excluding tert-OH is 1. The van der Waals surface area contributed by atoms with Crippen molar-refractivity contribution in [2.45, 2.75) is 24.3 Å². The maximum absolute atomic E-state index is 9.43. The maximum atomic E-state index is 9.43. The molecule has 0 radical (unpaired) electrons. The van der Waals surface area contributed by atoms with Gasteiger partial charge in [0.2, 0.25) is 0 Å². The standard InChI is InChI=1S/C14H18N2OS/c1-11(17)12-3-5-13(6-4-12)18-10-7-14-15-8-9-16(14)2/h3-6,8-9,11,17H,7,10H2,1-2H3. The van der Waals surface area contributed by atoms with Crippen LogP contribution in [0.3, 0.4) is 0 Å². The molecule has 1 N–H and O–H groups in total. The van der Waals surface area contributed by atoms with Crippen molar-refractivity contribution in [3.8, 4) is 0 Å². The number of benzene rings is 1. The third kappa shape index (κ3) is 3.37. The Morgan fingerprint density at radius 1 is 1.33 bits per heavy atom. The first-order chi connectivity index (χ1) is 8.66. The lowest BCUT2D eigenvalue weighted by Gasteiger charge is -2.06. The zero-order valence-electron chi connectivity index (χ0n) is 10.7. The summed E-state index contributed by atoms with van der Waals surface area (Å²) in [5, 5.41) is 9.43. The highest BCUT2D eigenvalue weighted by Crippen LogP contribution is 2.21. The van der Waals surface area contributed by atoms with Gasteiger partial charge in [-0.15, -0.1) is 11.8 Å². The predicted molar refractivity (Wildman–Crippen MR) is 74.7 cm³/mol. The van der Waals surface area contributed by atoms with E-state index in [9.17, 15) is 5.11 Å². The number of aryl methyl sites for hydroxylation is 2. The smallest absolute Gasteiger partial charge is 0.109 e. The number of thioether (sulfide) groups is 1. The second-order valence-electron chi connectivity index (χ2n) is 4.30. The number of aliphatic hydroxyl groups is 1. The second kappa shape index (κ2) is 6.07. The fraction of sp³-hybridized carbons (Fsp3) is 0.357. The molecule has 3 nitrogen and oxygen atoms in total. The minimum Gasteiger partial charge on any atom is -0.389 e. The molecule has 2 rings (SSSR count). The summed E-state index contributed by atoms with van der Waals surface area (Å²) in [6.07, 6.45) is 4.37. The Morgan fingerprint density at radius 2 is 2.06 bits per heavy atom. The molecule has 0 amide bonds. The van der Waals surface area contributed by atoms with E-state index in [1.54, 1.807) is 6.92 Å². The number of hydrogen-bond acceptors (Lipinski definition) is 3. The van der Waals surface area contributed by atoms with E-state index in [2.05, 4.69) is 21.7 Å². The van der Waals surface area contributed by atoms with Gasteiger partial charge >= 0.3 is 0 Å². The van der Waals surface area contributed by atoms with Crippen molar-refractivity contribution in [1.82, 2.24) is 9.55 Å². The van der Waals surface area contributed by atoms with Crippen molar-refractivity contribution in [3.05, 3.63) is 48.0 Å². The Hall–Kier alpha value is -1.26. The zero-order chi connectivity index (χ0) is 13.0. The van der Waals surface area contributed by atoms with Crippen LogP contribution in [0.4, 0.5) is 0 Å². The van der Waals surface area contributed by atoms with E-state index in [1.807, 2.05) is 43.3 Å². The first-order valence-electron chi connectivity index (χ1n) is 6.04. The van der Waals surface area contributed by atoms with Gasteiger partial charge in [0.15, 0.2) is 0 Å². The van der Waals surface area contributed by atoms with Crippen LogP contribution in [-0.2, 0) is 13.5 Å². The number of nitrogens with zero attached hydrogens (tertiary/aromatic N) is 2. The van der Waals surface area contributed by atoms with Gasteiger partial charge < -0.3 is 9.67 Å². The summed E-state index contributed by atoms with van der Waals surface area (Å²) in [4.78, 5) is 5.53. The molecule has 1 aromatic carbocycles. The molecule has 1 unspecified atom stereocenters. The van der Waals surface area contributed by atoms with Gasteiger partial charge in [0, 0.05) is 36.5 Å². The minimum atomic E-state index is -0.392. The SMILES string of the molecule is CC(O)c1ccc(SCCc2nccn2C)cc1. The highest BCUT2D eigenvalue weighted by molar-refractivity contribution is 7.99. The molecule has 0 saturated carbocycles. The van der Waals surface area contributed by atoms with Gasteiger partial charge in [-0.05, 0) is 24.6 Å². The summed E-state index contributed by atoms with van der Waals surface area (Å²) < 4.78 is 2.05. The van der Waals surface area contributed by atoms with E-state index >= 15 is 0 Å². The van der Waals surface area contributed by atoms with Crippen LogP contribution in [0.15, 0.2) is 41.6 Å². The molecule has 18 heavy (non-hydrogen) atoms. The predicted octanol–water partition coefficient (Wildman–Crippen LogP) is 2.81. The summed E-state index contributed by atoms with van der Waals surface area (Å²) >= 11 is 1.81. The van der Waals surface area contributed by atoms with Crippen LogP contribution >= 0.6 is 11.8 Å². The fourth-order valence-corrected chi connectivity index (χ4v) is 2.59. The van der Waals surface area contributed by atoms with Gasteiger partial charge in [-0.25, -0.2) is 4.98 Å². The van der Waals surface area contributed by atoms with Crippen LogP contribution in [-0.4, -0.2) is 20.4 Å². The quantitative estimate of drug-likeness (QED) is 0.842. The molecule has 0 spiro atoms. The molecule has 1 atom stereocenters. The van der Waals surface area contributed by atoms with E-state index in [0.717, 1.165) is 23.6 Å². The Balaban J connectivity index is 1.85. The van der Waals surface area contributed by atoms with Crippen LogP contribution in [0, 0.1) is 0 Å². The highest BCUT2D eigenvalue weighted by atomic mass is 32.2. The van der Waals surface area contributed by atoms with Crippen molar-refractivity contribution in [1.29, 1.82) is 0 Å². The molecular formula is C14H18N2OS. The summed E-state index contributed by atoms with van der Waals surface area (Å²) in [6, 6.07) is 8.08. The van der Waals surface area contributed by atoms with Gasteiger partial charge in [0.1, 0.15) is 5.82 Å². The molecule has 0 aliphatic rings. The van der Waals surface area contributed by atoms with E-state index in [4.69, 9.17) is 0 Å². The Kier molecular flexibility index (Phi) is 4.44. The zero-order valence-corrected chi connectivity index (χ0v) is 11.5. The molecule has 1 aromatic heterocycles. The van der Waals surface area contributed by atoms with Gasteiger partial charge in [-0.2, -0.15) is 0 Å². The lowest BCUT2D eigenvalue weighted by atomic mass is 10.1. The summed E-state index contributed by atoms with van der Waals surface area (Å²) in [6.45, 7) is 1.78. The Labute approximate surface area is 112 Å². The van der Waals surface area contributed by atoms with Crippen LogP contribution < -0.4 is 0 Å². The van der Waals surface area contributed by atoms with E-state index in [-0.39, 0.29) is 0 Å².